The second kappa shape index (κ2) is 7.40. The summed E-state index contributed by atoms with van der Waals surface area (Å²) in [5.74, 6) is 5.93. The van der Waals surface area contributed by atoms with Crippen LogP contribution in [0.1, 0.15) is 6.92 Å². The molecule has 0 fully saturated rings. The molecule has 0 aliphatic rings. The molecule has 3 aromatic rings. The van der Waals surface area contributed by atoms with Gasteiger partial charge in [0.1, 0.15) is 0 Å². The van der Waals surface area contributed by atoms with Crippen molar-refractivity contribution in [2.45, 2.75) is 12.1 Å². The molecule has 0 radical (unpaired) electrons. The largest absolute Gasteiger partial charge is 0.334 e. The van der Waals surface area contributed by atoms with Gasteiger partial charge in [0.05, 0.1) is 16.7 Å². The summed E-state index contributed by atoms with van der Waals surface area (Å²) in [4.78, 5) is 30.9. The second-order valence-corrected chi connectivity index (χ2v) is 6.29. The number of carbonyl (C=O) groups is 1. The average molecular weight is 354 g/mol. The molecule has 2 aromatic carbocycles. The summed E-state index contributed by atoms with van der Waals surface area (Å²) in [6.07, 6.45) is 0. The van der Waals surface area contributed by atoms with E-state index in [2.05, 4.69) is 4.98 Å². The summed E-state index contributed by atoms with van der Waals surface area (Å²) in [6.45, 7) is 2.48. The number of aromatic nitrogens is 2. The fourth-order valence-electron chi connectivity index (χ4n) is 2.54. The van der Waals surface area contributed by atoms with Crippen LogP contribution in [-0.2, 0) is 4.79 Å². The monoisotopic (exact) mass is 354 g/mol. The van der Waals surface area contributed by atoms with Crippen molar-refractivity contribution < 1.29 is 4.79 Å². The molecular formula is C18H18N4O2S. The highest BCUT2D eigenvalue weighted by Crippen LogP contribution is 2.19. The molecule has 1 amide bonds. The minimum atomic E-state index is -0.323. The van der Waals surface area contributed by atoms with Crippen LogP contribution in [0.4, 0.5) is 5.69 Å². The van der Waals surface area contributed by atoms with E-state index in [-0.39, 0.29) is 17.2 Å². The van der Waals surface area contributed by atoms with Crippen LogP contribution in [0.2, 0.25) is 0 Å². The Bertz CT molecular complexity index is 956. The minimum Gasteiger partial charge on any atom is -0.334 e. The van der Waals surface area contributed by atoms with Crippen LogP contribution in [0, 0.1) is 0 Å². The zero-order chi connectivity index (χ0) is 17.8. The average Bonchev–Trinajstić information content (AvgIpc) is 2.65. The Balaban J connectivity index is 1.81. The number of hydrogen-bond donors (Lipinski definition) is 1. The SMILES string of the molecule is CCN(C(=O)CSc1nc2ccccc2c(=O)n1N)c1ccccc1. The number of carbonyl (C=O) groups excluding carboxylic acids is 1. The van der Waals surface area contributed by atoms with Crippen LogP contribution in [0.15, 0.2) is 64.5 Å². The summed E-state index contributed by atoms with van der Waals surface area (Å²) < 4.78 is 0.999. The number of fused-ring (bicyclic) bond motifs is 1. The number of amides is 1. The summed E-state index contributed by atoms with van der Waals surface area (Å²) in [5.41, 5.74) is 1.09. The molecule has 0 atom stereocenters. The number of nitrogens with zero attached hydrogens (tertiary/aromatic N) is 3. The van der Waals surface area contributed by atoms with E-state index in [0.717, 1.165) is 22.1 Å². The number of rotatable bonds is 5. The van der Waals surface area contributed by atoms with Gasteiger partial charge in [0.15, 0.2) is 5.16 Å². The molecule has 6 nitrogen and oxygen atoms in total. The van der Waals surface area contributed by atoms with Gasteiger partial charge in [-0.2, -0.15) is 0 Å². The van der Waals surface area contributed by atoms with E-state index in [1.165, 1.54) is 0 Å². The van der Waals surface area contributed by atoms with Crippen LogP contribution >= 0.6 is 11.8 Å². The molecule has 0 aliphatic carbocycles. The quantitative estimate of drug-likeness (QED) is 0.432. The van der Waals surface area contributed by atoms with Crippen molar-refractivity contribution in [2.24, 2.45) is 0 Å². The molecule has 0 spiro atoms. The molecule has 0 bridgehead atoms. The number of nitrogens with two attached hydrogens (primary N) is 1. The smallest absolute Gasteiger partial charge is 0.280 e. The molecule has 1 aromatic heterocycles. The molecular weight excluding hydrogens is 336 g/mol. The summed E-state index contributed by atoms with van der Waals surface area (Å²) in [5, 5.41) is 0.779. The molecule has 0 saturated carbocycles. The van der Waals surface area contributed by atoms with E-state index >= 15 is 0 Å². The highest BCUT2D eigenvalue weighted by atomic mass is 32.2. The van der Waals surface area contributed by atoms with Gasteiger partial charge in [-0.1, -0.05) is 42.1 Å². The van der Waals surface area contributed by atoms with Gasteiger partial charge in [-0.25, -0.2) is 9.66 Å². The van der Waals surface area contributed by atoms with Gasteiger partial charge in [-0.3, -0.25) is 9.59 Å². The predicted molar refractivity (Wildman–Crippen MR) is 101 cm³/mol. The number of hydrogen-bond acceptors (Lipinski definition) is 5. The first kappa shape index (κ1) is 17.0. The fourth-order valence-corrected chi connectivity index (χ4v) is 3.34. The number of benzene rings is 2. The first-order valence-electron chi connectivity index (χ1n) is 7.87. The van der Waals surface area contributed by atoms with Crippen LogP contribution in [0.3, 0.4) is 0 Å². The first-order valence-corrected chi connectivity index (χ1v) is 8.85. The third-order valence-corrected chi connectivity index (χ3v) is 4.72. The Morgan fingerprint density at radius 3 is 2.56 bits per heavy atom. The van der Waals surface area contributed by atoms with E-state index in [1.807, 2.05) is 43.3 Å². The summed E-state index contributed by atoms with van der Waals surface area (Å²) >= 11 is 1.16. The van der Waals surface area contributed by atoms with Crippen LogP contribution in [-0.4, -0.2) is 27.9 Å². The normalized spacial score (nSPS) is 10.8. The molecule has 128 valence electrons. The maximum atomic E-state index is 12.6. The van der Waals surface area contributed by atoms with E-state index in [1.54, 1.807) is 23.1 Å². The summed E-state index contributed by atoms with van der Waals surface area (Å²) in [7, 11) is 0. The van der Waals surface area contributed by atoms with Crippen molar-refractivity contribution in [1.29, 1.82) is 0 Å². The van der Waals surface area contributed by atoms with Crippen LogP contribution in [0.5, 0.6) is 0 Å². The molecule has 0 saturated heterocycles. The number of thioether (sulfide) groups is 1. The van der Waals surface area contributed by atoms with Crippen molar-refractivity contribution in [3.8, 4) is 0 Å². The van der Waals surface area contributed by atoms with Gasteiger partial charge in [0, 0.05) is 12.2 Å². The van der Waals surface area contributed by atoms with Gasteiger partial charge < -0.3 is 10.7 Å². The van der Waals surface area contributed by atoms with Crippen molar-refractivity contribution in [3.05, 3.63) is 65.0 Å². The molecule has 2 N–H and O–H groups in total. The number of nitrogen functional groups attached to an aromatic ring is 1. The van der Waals surface area contributed by atoms with E-state index < -0.39 is 0 Å². The van der Waals surface area contributed by atoms with Crippen molar-refractivity contribution >= 4 is 34.3 Å². The maximum Gasteiger partial charge on any atom is 0.280 e. The highest BCUT2D eigenvalue weighted by Gasteiger charge is 2.16. The minimum absolute atomic E-state index is 0.0684. The third kappa shape index (κ3) is 3.51. The lowest BCUT2D eigenvalue weighted by Crippen LogP contribution is -2.33. The number of anilines is 1. The first-order chi connectivity index (χ1) is 12.1. The molecule has 25 heavy (non-hydrogen) atoms. The van der Waals surface area contributed by atoms with Crippen molar-refractivity contribution in [3.63, 3.8) is 0 Å². The zero-order valence-corrected chi connectivity index (χ0v) is 14.6. The number of para-hydroxylation sites is 2. The fraction of sp³-hybridized carbons (Fsp3) is 0.167. The molecule has 3 rings (SSSR count). The second-order valence-electron chi connectivity index (χ2n) is 5.35. The topological polar surface area (TPSA) is 81.2 Å². The molecule has 7 heteroatoms. The Morgan fingerprint density at radius 1 is 1.16 bits per heavy atom. The maximum absolute atomic E-state index is 12.6. The van der Waals surface area contributed by atoms with E-state index in [4.69, 9.17) is 5.84 Å². The van der Waals surface area contributed by atoms with Crippen LogP contribution < -0.4 is 16.3 Å². The van der Waals surface area contributed by atoms with Gasteiger partial charge in [-0.05, 0) is 31.2 Å². The Morgan fingerprint density at radius 2 is 1.84 bits per heavy atom. The predicted octanol–water partition coefficient (Wildman–Crippen LogP) is 2.26. The van der Waals surface area contributed by atoms with Gasteiger partial charge in [-0.15, -0.1) is 0 Å². The molecule has 0 unspecified atom stereocenters. The zero-order valence-electron chi connectivity index (χ0n) is 13.8. The Hall–Kier alpha value is -2.80. The van der Waals surface area contributed by atoms with Gasteiger partial charge in [0.2, 0.25) is 5.91 Å². The standard InChI is InChI=1S/C18H18N4O2S/c1-2-21(13-8-4-3-5-9-13)16(23)12-25-18-20-15-11-7-6-10-14(15)17(24)22(18)19/h3-11H,2,12,19H2,1H3. The highest BCUT2D eigenvalue weighted by molar-refractivity contribution is 7.99. The lowest BCUT2D eigenvalue weighted by molar-refractivity contribution is -0.116. The van der Waals surface area contributed by atoms with Crippen molar-refractivity contribution in [2.75, 3.05) is 23.0 Å². The Kier molecular flexibility index (Phi) is 5.04. The Labute approximate surface area is 149 Å². The lowest BCUT2D eigenvalue weighted by Gasteiger charge is -2.20. The van der Waals surface area contributed by atoms with Gasteiger partial charge >= 0.3 is 0 Å². The van der Waals surface area contributed by atoms with Crippen molar-refractivity contribution in [1.82, 2.24) is 9.66 Å². The summed E-state index contributed by atoms with van der Waals surface area (Å²) in [6, 6.07) is 16.5. The van der Waals surface area contributed by atoms with Crippen LogP contribution in [0.25, 0.3) is 10.9 Å². The third-order valence-electron chi connectivity index (χ3n) is 3.79. The van der Waals surface area contributed by atoms with E-state index in [0.29, 0.717) is 22.6 Å². The molecule has 0 aliphatic heterocycles. The van der Waals surface area contributed by atoms with E-state index in [9.17, 15) is 9.59 Å². The molecule has 1 heterocycles. The van der Waals surface area contributed by atoms with Gasteiger partial charge in [0.25, 0.3) is 5.56 Å². The lowest BCUT2D eigenvalue weighted by atomic mass is 10.2.